The molecule has 22 heavy (non-hydrogen) atoms. The van der Waals surface area contributed by atoms with Crippen LogP contribution in [0.25, 0.3) is 0 Å². The highest BCUT2D eigenvalue weighted by atomic mass is 16.2. The predicted molar refractivity (Wildman–Crippen MR) is 87.7 cm³/mol. The van der Waals surface area contributed by atoms with Crippen molar-refractivity contribution in [3.05, 3.63) is 71.3 Å². The summed E-state index contributed by atoms with van der Waals surface area (Å²) in [5.41, 5.74) is 2.88. The SMILES string of the molecule is Cc1ccc(C(=O)CCC(=O)N(C)Cc2ccccc2)cc1. The molecule has 0 atom stereocenters. The minimum Gasteiger partial charge on any atom is -0.341 e. The first kappa shape index (κ1) is 16.0. The predicted octanol–water partition coefficient (Wildman–Crippen LogP) is 3.62. The third-order valence-corrected chi connectivity index (χ3v) is 3.63. The molecule has 0 aliphatic carbocycles. The lowest BCUT2D eigenvalue weighted by Gasteiger charge is -2.17. The molecule has 0 saturated carbocycles. The Bertz CT molecular complexity index is 632. The number of Topliss-reactive ketones (excluding diaryl/α,β-unsaturated/α-hetero) is 1. The Morgan fingerprint density at radius 1 is 0.909 bits per heavy atom. The van der Waals surface area contributed by atoms with Crippen molar-refractivity contribution in [2.75, 3.05) is 7.05 Å². The van der Waals surface area contributed by atoms with Gasteiger partial charge in [0, 0.05) is 32.0 Å². The van der Waals surface area contributed by atoms with Crippen LogP contribution in [-0.4, -0.2) is 23.6 Å². The first-order chi connectivity index (χ1) is 10.6. The van der Waals surface area contributed by atoms with Crippen molar-refractivity contribution < 1.29 is 9.59 Å². The quantitative estimate of drug-likeness (QED) is 0.763. The maximum absolute atomic E-state index is 12.1. The molecular weight excluding hydrogens is 274 g/mol. The number of ketones is 1. The number of aryl methyl sites for hydroxylation is 1. The van der Waals surface area contributed by atoms with Gasteiger partial charge in [0.05, 0.1) is 0 Å². The van der Waals surface area contributed by atoms with Crippen LogP contribution >= 0.6 is 0 Å². The molecule has 3 nitrogen and oxygen atoms in total. The molecule has 0 aromatic heterocycles. The Kier molecular flexibility index (Phi) is 5.48. The smallest absolute Gasteiger partial charge is 0.223 e. The van der Waals surface area contributed by atoms with Crippen molar-refractivity contribution in [1.29, 1.82) is 0 Å². The summed E-state index contributed by atoms with van der Waals surface area (Å²) in [7, 11) is 1.77. The molecule has 2 rings (SSSR count). The molecule has 0 heterocycles. The van der Waals surface area contributed by atoms with E-state index in [0.717, 1.165) is 11.1 Å². The Labute approximate surface area is 131 Å². The van der Waals surface area contributed by atoms with Gasteiger partial charge in [-0.05, 0) is 12.5 Å². The average molecular weight is 295 g/mol. The molecule has 114 valence electrons. The second kappa shape index (κ2) is 7.55. The summed E-state index contributed by atoms with van der Waals surface area (Å²) in [5, 5.41) is 0. The lowest BCUT2D eigenvalue weighted by Crippen LogP contribution is -2.26. The zero-order valence-corrected chi connectivity index (χ0v) is 13.1. The van der Waals surface area contributed by atoms with Crippen LogP contribution in [0.1, 0.15) is 34.3 Å². The summed E-state index contributed by atoms with van der Waals surface area (Å²) in [4.78, 5) is 25.8. The normalized spacial score (nSPS) is 10.3. The average Bonchev–Trinajstić information content (AvgIpc) is 2.53. The minimum atomic E-state index is -0.00989. The number of rotatable bonds is 6. The third kappa shape index (κ3) is 4.55. The molecule has 0 bridgehead atoms. The molecule has 2 aromatic carbocycles. The highest BCUT2D eigenvalue weighted by Gasteiger charge is 2.13. The van der Waals surface area contributed by atoms with Crippen LogP contribution in [0.4, 0.5) is 0 Å². The van der Waals surface area contributed by atoms with Crippen LogP contribution in [-0.2, 0) is 11.3 Å². The van der Waals surface area contributed by atoms with E-state index in [-0.39, 0.29) is 24.5 Å². The Morgan fingerprint density at radius 2 is 1.55 bits per heavy atom. The topological polar surface area (TPSA) is 37.4 Å². The highest BCUT2D eigenvalue weighted by Crippen LogP contribution is 2.10. The lowest BCUT2D eigenvalue weighted by molar-refractivity contribution is -0.130. The van der Waals surface area contributed by atoms with Crippen molar-refractivity contribution in [2.24, 2.45) is 0 Å². The number of benzene rings is 2. The minimum absolute atomic E-state index is 0.00989. The summed E-state index contributed by atoms with van der Waals surface area (Å²) in [6.07, 6.45) is 0.497. The largest absolute Gasteiger partial charge is 0.341 e. The fourth-order valence-electron chi connectivity index (χ4n) is 2.24. The van der Waals surface area contributed by atoms with E-state index in [0.29, 0.717) is 12.1 Å². The molecule has 0 fully saturated rings. The van der Waals surface area contributed by atoms with Gasteiger partial charge in [0.25, 0.3) is 0 Å². The van der Waals surface area contributed by atoms with Crippen LogP contribution < -0.4 is 0 Å². The number of amides is 1. The molecule has 0 saturated heterocycles. The van der Waals surface area contributed by atoms with Crippen molar-refractivity contribution in [2.45, 2.75) is 26.3 Å². The maximum atomic E-state index is 12.1. The van der Waals surface area contributed by atoms with Gasteiger partial charge in [-0.2, -0.15) is 0 Å². The molecule has 0 radical (unpaired) electrons. The van der Waals surface area contributed by atoms with Gasteiger partial charge in [-0.1, -0.05) is 60.2 Å². The number of carbonyl (C=O) groups is 2. The van der Waals surface area contributed by atoms with Crippen LogP contribution in [0.2, 0.25) is 0 Å². The first-order valence-corrected chi connectivity index (χ1v) is 7.44. The van der Waals surface area contributed by atoms with Gasteiger partial charge in [-0.15, -0.1) is 0 Å². The monoisotopic (exact) mass is 295 g/mol. The van der Waals surface area contributed by atoms with Gasteiger partial charge in [0.2, 0.25) is 5.91 Å². The summed E-state index contributed by atoms with van der Waals surface area (Å²) < 4.78 is 0. The van der Waals surface area contributed by atoms with Crippen LogP contribution in [0.5, 0.6) is 0 Å². The summed E-state index contributed by atoms with van der Waals surface area (Å²) in [6.45, 7) is 2.55. The van der Waals surface area contributed by atoms with Gasteiger partial charge < -0.3 is 4.90 Å². The molecule has 0 aliphatic heterocycles. The van der Waals surface area contributed by atoms with Crippen molar-refractivity contribution >= 4 is 11.7 Å². The van der Waals surface area contributed by atoms with E-state index >= 15 is 0 Å². The van der Waals surface area contributed by atoms with E-state index in [2.05, 4.69) is 0 Å². The van der Waals surface area contributed by atoms with Crippen molar-refractivity contribution in [3.8, 4) is 0 Å². The van der Waals surface area contributed by atoms with Crippen molar-refractivity contribution in [3.63, 3.8) is 0 Å². The molecule has 2 aromatic rings. The highest BCUT2D eigenvalue weighted by molar-refractivity contribution is 5.97. The fraction of sp³-hybridized carbons (Fsp3) is 0.263. The zero-order chi connectivity index (χ0) is 15.9. The number of carbonyl (C=O) groups excluding carboxylic acids is 2. The van der Waals surface area contributed by atoms with Crippen LogP contribution in [0.15, 0.2) is 54.6 Å². The lowest BCUT2D eigenvalue weighted by atomic mass is 10.0. The molecule has 3 heteroatoms. The van der Waals surface area contributed by atoms with Crippen LogP contribution in [0.3, 0.4) is 0 Å². The van der Waals surface area contributed by atoms with Gasteiger partial charge >= 0.3 is 0 Å². The van der Waals surface area contributed by atoms with E-state index in [1.165, 1.54) is 0 Å². The maximum Gasteiger partial charge on any atom is 0.223 e. The standard InChI is InChI=1S/C19H21NO2/c1-15-8-10-17(11-9-15)18(21)12-13-19(22)20(2)14-16-6-4-3-5-7-16/h3-11H,12-14H2,1-2H3. The number of nitrogens with zero attached hydrogens (tertiary/aromatic N) is 1. The summed E-state index contributed by atoms with van der Waals surface area (Å²) in [5.74, 6) is 0.00535. The molecule has 0 unspecified atom stereocenters. The Hall–Kier alpha value is -2.42. The van der Waals surface area contributed by atoms with Crippen LogP contribution in [0, 0.1) is 6.92 Å². The first-order valence-electron chi connectivity index (χ1n) is 7.44. The summed E-state index contributed by atoms with van der Waals surface area (Å²) in [6, 6.07) is 17.3. The fourth-order valence-corrected chi connectivity index (χ4v) is 2.24. The third-order valence-electron chi connectivity index (χ3n) is 3.63. The number of hydrogen-bond donors (Lipinski definition) is 0. The van der Waals surface area contributed by atoms with Gasteiger partial charge in [0.15, 0.2) is 5.78 Å². The molecule has 0 aliphatic rings. The van der Waals surface area contributed by atoms with E-state index in [1.807, 2.05) is 61.5 Å². The second-order valence-electron chi connectivity index (χ2n) is 5.52. The van der Waals surface area contributed by atoms with Crippen molar-refractivity contribution in [1.82, 2.24) is 4.90 Å². The van der Waals surface area contributed by atoms with E-state index in [9.17, 15) is 9.59 Å². The summed E-state index contributed by atoms with van der Waals surface area (Å²) >= 11 is 0. The van der Waals surface area contributed by atoms with Gasteiger partial charge in [-0.3, -0.25) is 9.59 Å². The zero-order valence-electron chi connectivity index (χ0n) is 13.1. The molecule has 1 amide bonds. The molecular formula is C19H21NO2. The Balaban J connectivity index is 1.84. The second-order valence-corrected chi connectivity index (χ2v) is 5.52. The van der Waals surface area contributed by atoms with E-state index in [1.54, 1.807) is 11.9 Å². The van der Waals surface area contributed by atoms with E-state index in [4.69, 9.17) is 0 Å². The van der Waals surface area contributed by atoms with Gasteiger partial charge in [0.1, 0.15) is 0 Å². The van der Waals surface area contributed by atoms with Gasteiger partial charge in [-0.25, -0.2) is 0 Å². The Morgan fingerprint density at radius 3 is 2.18 bits per heavy atom. The number of hydrogen-bond acceptors (Lipinski definition) is 2. The van der Waals surface area contributed by atoms with E-state index < -0.39 is 0 Å². The molecule has 0 spiro atoms. The molecule has 0 N–H and O–H groups in total.